The van der Waals surface area contributed by atoms with Crippen LogP contribution in [0.1, 0.15) is 34.6 Å². The average molecular weight is 220 g/mol. The second-order valence-corrected chi connectivity index (χ2v) is 3.25. The lowest BCUT2D eigenvalue weighted by molar-refractivity contribution is 0.0991. The van der Waals surface area contributed by atoms with Gasteiger partial charge in [0, 0.05) is 17.2 Å². The van der Waals surface area contributed by atoms with E-state index < -0.39 is 0 Å². The molecule has 0 saturated carbocycles. The van der Waals surface area contributed by atoms with Crippen LogP contribution >= 0.6 is 12.6 Å². The van der Waals surface area contributed by atoms with E-state index in [-0.39, 0.29) is 16.5 Å². The number of rotatable bonds is 0. The minimum Gasteiger partial charge on any atom is -0.289 e. The first kappa shape index (κ1) is 11.7. The van der Waals surface area contributed by atoms with E-state index in [0.29, 0.717) is 11.1 Å². The molecule has 0 bridgehead atoms. The number of benzene rings is 1. The molecule has 0 fully saturated rings. The van der Waals surface area contributed by atoms with Gasteiger partial charge in [-0.2, -0.15) is 0 Å². The molecular weight excluding hydrogens is 208 g/mol. The van der Waals surface area contributed by atoms with Crippen molar-refractivity contribution >= 4 is 24.2 Å². The van der Waals surface area contributed by atoms with Crippen molar-refractivity contribution in [2.24, 2.45) is 0 Å². The maximum atomic E-state index is 11.5. The molecule has 1 aliphatic rings. The molecular formula is C12H12O2S. The fourth-order valence-corrected chi connectivity index (χ4v) is 1.54. The molecule has 1 aromatic carbocycles. The number of hydrogen-bond acceptors (Lipinski definition) is 3. The number of allylic oxidation sites excluding steroid dienone is 2. The number of thiol groups is 1. The van der Waals surface area contributed by atoms with E-state index in [4.69, 9.17) is 0 Å². The number of Topliss-reactive ketones (excluding diaryl/α,β-unsaturated/α-hetero) is 1. The van der Waals surface area contributed by atoms with Crippen LogP contribution in [0.25, 0.3) is 0 Å². The third-order valence-corrected chi connectivity index (χ3v) is 2.27. The molecule has 0 atom stereocenters. The summed E-state index contributed by atoms with van der Waals surface area (Å²) in [6.07, 6.45) is 1.26. The second kappa shape index (κ2) is 4.94. The van der Waals surface area contributed by atoms with Crippen molar-refractivity contribution in [2.75, 3.05) is 0 Å². The lowest BCUT2D eigenvalue weighted by atomic mass is 9.95. The Balaban J connectivity index is 0.000000531. The summed E-state index contributed by atoms with van der Waals surface area (Å²) in [7, 11) is 0. The van der Waals surface area contributed by atoms with E-state index >= 15 is 0 Å². The van der Waals surface area contributed by atoms with Gasteiger partial charge in [-0.1, -0.05) is 38.1 Å². The van der Waals surface area contributed by atoms with Crippen molar-refractivity contribution in [2.45, 2.75) is 13.8 Å². The molecule has 0 unspecified atom stereocenters. The SMILES string of the molecule is CC.O=C1C=C(S)C(=O)c2ccccc21. The average Bonchev–Trinajstić information content (AvgIpc) is 2.29. The van der Waals surface area contributed by atoms with Gasteiger partial charge in [-0.25, -0.2) is 0 Å². The zero-order valence-electron chi connectivity index (χ0n) is 8.65. The van der Waals surface area contributed by atoms with Gasteiger partial charge < -0.3 is 0 Å². The number of fused-ring (bicyclic) bond motifs is 1. The highest BCUT2D eigenvalue weighted by Gasteiger charge is 2.22. The van der Waals surface area contributed by atoms with Crippen molar-refractivity contribution in [1.29, 1.82) is 0 Å². The van der Waals surface area contributed by atoms with Gasteiger partial charge in [-0.3, -0.25) is 9.59 Å². The Morgan fingerprint density at radius 3 is 2.13 bits per heavy atom. The molecule has 1 aromatic rings. The summed E-state index contributed by atoms with van der Waals surface area (Å²) in [5, 5.41) is 0. The Morgan fingerprint density at radius 2 is 1.53 bits per heavy atom. The molecule has 3 heteroatoms. The maximum Gasteiger partial charge on any atom is 0.199 e. The summed E-state index contributed by atoms with van der Waals surface area (Å²) < 4.78 is 0. The number of hydrogen-bond donors (Lipinski definition) is 1. The third kappa shape index (κ3) is 2.18. The summed E-state index contributed by atoms with van der Waals surface area (Å²) in [6, 6.07) is 6.75. The highest BCUT2D eigenvalue weighted by atomic mass is 32.1. The van der Waals surface area contributed by atoms with Crippen LogP contribution in [0, 0.1) is 0 Å². The van der Waals surface area contributed by atoms with Crippen LogP contribution in [0.4, 0.5) is 0 Å². The predicted octanol–water partition coefficient (Wildman–Crippen LogP) is 2.91. The minimum absolute atomic E-state index is 0.153. The zero-order valence-corrected chi connectivity index (χ0v) is 9.54. The predicted molar refractivity (Wildman–Crippen MR) is 63.5 cm³/mol. The van der Waals surface area contributed by atoms with Crippen LogP contribution in [-0.2, 0) is 0 Å². The molecule has 0 heterocycles. The highest BCUT2D eigenvalue weighted by Crippen LogP contribution is 2.22. The number of carbonyl (C=O) groups is 2. The summed E-state index contributed by atoms with van der Waals surface area (Å²) >= 11 is 3.93. The van der Waals surface area contributed by atoms with Gasteiger partial charge in [-0.15, -0.1) is 12.6 Å². The van der Waals surface area contributed by atoms with Gasteiger partial charge in [0.1, 0.15) is 0 Å². The van der Waals surface area contributed by atoms with E-state index in [1.807, 2.05) is 13.8 Å². The third-order valence-electron chi connectivity index (χ3n) is 1.94. The number of carbonyl (C=O) groups excluding carboxylic acids is 2. The largest absolute Gasteiger partial charge is 0.289 e. The van der Waals surface area contributed by atoms with Crippen LogP contribution < -0.4 is 0 Å². The molecule has 15 heavy (non-hydrogen) atoms. The first-order chi connectivity index (χ1) is 7.20. The Kier molecular flexibility index (Phi) is 3.86. The van der Waals surface area contributed by atoms with Crippen molar-refractivity contribution < 1.29 is 9.59 Å². The van der Waals surface area contributed by atoms with Gasteiger partial charge in [0.05, 0.1) is 4.91 Å². The molecule has 0 N–H and O–H groups in total. The van der Waals surface area contributed by atoms with E-state index in [1.165, 1.54) is 6.08 Å². The standard InChI is InChI=1S/C10H6O2S.C2H6/c11-8-5-9(13)10(12)7-4-2-1-3-6(7)8;1-2/h1-5,13H;1-2H3. The van der Waals surface area contributed by atoms with Crippen molar-refractivity contribution in [3.05, 3.63) is 46.4 Å². The highest BCUT2D eigenvalue weighted by molar-refractivity contribution is 7.85. The summed E-state index contributed by atoms with van der Waals surface area (Å²) in [6.45, 7) is 4.00. The molecule has 0 amide bonds. The van der Waals surface area contributed by atoms with Crippen molar-refractivity contribution in [3.8, 4) is 0 Å². The van der Waals surface area contributed by atoms with Crippen LogP contribution in [0.5, 0.6) is 0 Å². The van der Waals surface area contributed by atoms with E-state index in [0.717, 1.165) is 0 Å². The summed E-state index contributed by atoms with van der Waals surface area (Å²) in [5.41, 5.74) is 0.908. The van der Waals surface area contributed by atoms with E-state index in [2.05, 4.69) is 12.6 Å². The molecule has 0 saturated heterocycles. The van der Waals surface area contributed by atoms with Gasteiger partial charge in [0.15, 0.2) is 11.6 Å². The van der Waals surface area contributed by atoms with Crippen LogP contribution in [0.15, 0.2) is 35.2 Å². The van der Waals surface area contributed by atoms with Crippen molar-refractivity contribution in [3.63, 3.8) is 0 Å². The zero-order chi connectivity index (χ0) is 11.4. The molecule has 2 nitrogen and oxygen atoms in total. The van der Waals surface area contributed by atoms with Crippen LogP contribution in [-0.4, -0.2) is 11.6 Å². The molecule has 2 rings (SSSR count). The smallest absolute Gasteiger partial charge is 0.199 e. The summed E-state index contributed by atoms with van der Waals surface area (Å²) in [4.78, 5) is 23.0. The Bertz CT molecular complexity index is 433. The first-order valence-electron chi connectivity index (χ1n) is 4.79. The van der Waals surface area contributed by atoms with Crippen LogP contribution in [0.3, 0.4) is 0 Å². The fraction of sp³-hybridized carbons (Fsp3) is 0.167. The molecule has 0 aromatic heterocycles. The van der Waals surface area contributed by atoms with Crippen LogP contribution in [0.2, 0.25) is 0 Å². The summed E-state index contributed by atoms with van der Waals surface area (Å²) in [5.74, 6) is -0.335. The minimum atomic E-state index is -0.182. The lowest BCUT2D eigenvalue weighted by Crippen LogP contribution is -2.13. The second-order valence-electron chi connectivity index (χ2n) is 2.77. The Hall–Kier alpha value is -1.35. The lowest BCUT2D eigenvalue weighted by Gasteiger charge is -2.10. The molecule has 0 radical (unpaired) electrons. The topological polar surface area (TPSA) is 34.1 Å². The quantitative estimate of drug-likeness (QED) is 0.682. The van der Waals surface area contributed by atoms with Gasteiger partial charge in [-0.05, 0) is 0 Å². The molecule has 1 aliphatic carbocycles. The Labute approximate surface area is 94.4 Å². The molecule has 78 valence electrons. The Morgan fingerprint density at radius 1 is 1.00 bits per heavy atom. The fourth-order valence-electron chi connectivity index (χ4n) is 1.30. The van der Waals surface area contributed by atoms with E-state index in [9.17, 15) is 9.59 Å². The normalized spacial score (nSPS) is 13.7. The van der Waals surface area contributed by atoms with E-state index in [1.54, 1.807) is 24.3 Å². The van der Waals surface area contributed by atoms with Gasteiger partial charge in [0.25, 0.3) is 0 Å². The first-order valence-corrected chi connectivity index (χ1v) is 5.23. The van der Waals surface area contributed by atoms with Gasteiger partial charge in [0.2, 0.25) is 0 Å². The van der Waals surface area contributed by atoms with Gasteiger partial charge >= 0.3 is 0 Å². The maximum absolute atomic E-state index is 11.5. The monoisotopic (exact) mass is 220 g/mol. The number of ketones is 2. The molecule has 0 spiro atoms. The molecule has 0 aliphatic heterocycles. The van der Waals surface area contributed by atoms with Crippen molar-refractivity contribution in [1.82, 2.24) is 0 Å².